The van der Waals surface area contributed by atoms with Gasteiger partial charge in [0, 0.05) is 14.0 Å². The van der Waals surface area contributed by atoms with Gasteiger partial charge in [0.25, 0.3) is 5.56 Å². The van der Waals surface area contributed by atoms with Crippen LogP contribution in [0.4, 0.5) is 13.2 Å². The van der Waals surface area contributed by atoms with Gasteiger partial charge in [-0.1, -0.05) is 0 Å². The molecule has 5 nitrogen and oxygen atoms in total. The summed E-state index contributed by atoms with van der Waals surface area (Å²) in [7, 11) is 1.18. The number of halogens is 3. The summed E-state index contributed by atoms with van der Waals surface area (Å²) in [6.45, 7) is 0.713. The fourth-order valence-corrected chi connectivity index (χ4v) is 1.21. The number of hydrogen-bond donors (Lipinski definition) is 2. The molecule has 1 rings (SSSR count). The molecule has 0 aromatic carbocycles. The molecule has 2 N–H and O–H groups in total. The van der Waals surface area contributed by atoms with Crippen molar-refractivity contribution in [3.8, 4) is 0 Å². The van der Waals surface area contributed by atoms with Crippen LogP contribution >= 0.6 is 0 Å². The highest BCUT2D eigenvalue weighted by Crippen LogP contribution is 2.28. The molecule has 0 bridgehead atoms. The topological polar surface area (TPSA) is 66.9 Å². The van der Waals surface area contributed by atoms with E-state index in [-0.39, 0.29) is 0 Å². The molecule has 0 fully saturated rings. The number of nitrogens with zero attached hydrogens (tertiary/aromatic N) is 1. The summed E-state index contributed by atoms with van der Waals surface area (Å²) in [5, 5.41) is 4.06. The number of hydrogen-bond acceptors (Lipinski definition) is 2. The standard InChI is InChI=1S/C8H10F3N3O2/c1-4(15)12-3-5-6(8(9,10)11)13-14(2)7(5)16/h13H,3H2,1-2H3,(H,12,15). The lowest BCUT2D eigenvalue weighted by Gasteiger charge is -2.06. The second-order valence-electron chi connectivity index (χ2n) is 3.24. The van der Waals surface area contributed by atoms with Crippen LogP contribution in [0, 0.1) is 0 Å². The Bertz CT molecular complexity index is 458. The smallest absolute Gasteiger partial charge is 0.352 e. The molecule has 0 aliphatic rings. The molecule has 0 aliphatic carbocycles. The molecule has 1 aromatic rings. The van der Waals surface area contributed by atoms with Crippen molar-refractivity contribution >= 4 is 5.91 Å². The summed E-state index contributed by atoms with van der Waals surface area (Å²) in [5.41, 5.74) is -2.43. The number of amides is 1. The largest absolute Gasteiger partial charge is 0.433 e. The molecule has 1 amide bonds. The molecule has 0 saturated heterocycles. The maximum absolute atomic E-state index is 12.5. The molecule has 0 atom stereocenters. The van der Waals surface area contributed by atoms with Gasteiger partial charge >= 0.3 is 6.18 Å². The van der Waals surface area contributed by atoms with Crippen LogP contribution in [-0.2, 0) is 24.6 Å². The SMILES string of the molecule is CC(=O)NCc1c(C(F)(F)F)[nH]n(C)c1=O. The lowest BCUT2D eigenvalue weighted by molar-refractivity contribution is -0.142. The molecule has 0 aliphatic heterocycles. The zero-order chi connectivity index (χ0) is 12.5. The third-order valence-corrected chi connectivity index (χ3v) is 1.94. The highest BCUT2D eigenvalue weighted by molar-refractivity contribution is 5.72. The first-order valence-electron chi connectivity index (χ1n) is 4.33. The van der Waals surface area contributed by atoms with Crippen LogP contribution in [0.5, 0.6) is 0 Å². The fourth-order valence-electron chi connectivity index (χ4n) is 1.21. The number of carbonyl (C=O) groups is 1. The second kappa shape index (κ2) is 4.03. The molecule has 0 radical (unpaired) electrons. The summed E-state index contributed by atoms with van der Waals surface area (Å²) in [6, 6.07) is 0. The van der Waals surface area contributed by atoms with Gasteiger partial charge in [-0.2, -0.15) is 13.2 Å². The third-order valence-electron chi connectivity index (χ3n) is 1.94. The normalized spacial score (nSPS) is 11.6. The minimum Gasteiger partial charge on any atom is -0.352 e. The van der Waals surface area contributed by atoms with E-state index in [4.69, 9.17) is 0 Å². The zero-order valence-corrected chi connectivity index (χ0v) is 8.60. The van der Waals surface area contributed by atoms with E-state index in [1.54, 1.807) is 0 Å². The monoisotopic (exact) mass is 237 g/mol. The van der Waals surface area contributed by atoms with Gasteiger partial charge in [-0.05, 0) is 0 Å². The molecule has 0 unspecified atom stereocenters. The van der Waals surface area contributed by atoms with Crippen molar-refractivity contribution in [3.63, 3.8) is 0 Å². The predicted molar refractivity (Wildman–Crippen MR) is 48.6 cm³/mol. The van der Waals surface area contributed by atoms with Gasteiger partial charge in [-0.3, -0.25) is 19.4 Å². The Morgan fingerprint density at radius 3 is 2.50 bits per heavy atom. The molecule has 8 heteroatoms. The Balaban J connectivity index is 3.15. The number of aromatic amines is 1. The minimum absolute atomic E-state index is 0.444. The summed E-state index contributed by atoms with van der Waals surface area (Å²) in [5.74, 6) is -0.503. The Morgan fingerprint density at radius 2 is 2.06 bits per heavy atom. The first-order chi connectivity index (χ1) is 7.23. The van der Waals surface area contributed by atoms with Gasteiger partial charge in [-0.15, -0.1) is 0 Å². The summed E-state index contributed by atoms with van der Waals surface area (Å²) in [4.78, 5) is 21.9. The Hall–Kier alpha value is -1.73. The molecule has 0 spiro atoms. The van der Waals surface area contributed by atoms with Crippen molar-refractivity contribution in [2.75, 3.05) is 0 Å². The lowest BCUT2D eigenvalue weighted by Crippen LogP contribution is -2.25. The summed E-state index contributed by atoms with van der Waals surface area (Å²) in [6.07, 6.45) is -4.64. The zero-order valence-electron chi connectivity index (χ0n) is 8.60. The maximum Gasteiger partial charge on any atom is 0.433 e. The van der Waals surface area contributed by atoms with Crippen LogP contribution in [0.3, 0.4) is 0 Å². The van der Waals surface area contributed by atoms with Crippen LogP contribution in [0.25, 0.3) is 0 Å². The molecule has 90 valence electrons. The minimum atomic E-state index is -4.64. The van der Waals surface area contributed by atoms with Crippen LogP contribution in [0.15, 0.2) is 4.79 Å². The Kier molecular flexibility index (Phi) is 3.11. The van der Waals surface area contributed by atoms with Crippen LogP contribution in [-0.4, -0.2) is 15.7 Å². The van der Waals surface area contributed by atoms with E-state index in [1.165, 1.54) is 7.05 Å². The van der Waals surface area contributed by atoms with Crippen molar-refractivity contribution in [2.45, 2.75) is 19.6 Å². The van der Waals surface area contributed by atoms with E-state index >= 15 is 0 Å². The highest BCUT2D eigenvalue weighted by Gasteiger charge is 2.37. The first kappa shape index (κ1) is 12.3. The lowest BCUT2D eigenvalue weighted by atomic mass is 10.2. The van der Waals surface area contributed by atoms with Gasteiger partial charge in [0.1, 0.15) is 5.69 Å². The van der Waals surface area contributed by atoms with Crippen LogP contribution < -0.4 is 10.9 Å². The van der Waals surface area contributed by atoms with Gasteiger partial charge in [0.05, 0.1) is 12.1 Å². The molecular weight excluding hydrogens is 227 g/mol. The van der Waals surface area contributed by atoms with Crippen molar-refractivity contribution in [1.29, 1.82) is 0 Å². The second-order valence-corrected chi connectivity index (χ2v) is 3.24. The number of alkyl halides is 3. The van der Waals surface area contributed by atoms with Crippen molar-refractivity contribution in [2.24, 2.45) is 7.05 Å². The predicted octanol–water partition coefficient (Wildman–Crippen LogP) is 0.368. The van der Waals surface area contributed by atoms with E-state index in [0.29, 0.717) is 0 Å². The number of nitrogens with one attached hydrogen (secondary N) is 2. The highest BCUT2D eigenvalue weighted by atomic mass is 19.4. The number of H-pyrrole nitrogens is 1. The number of aromatic nitrogens is 2. The molecular formula is C8H10F3N3O2. The Morgan fingerprint density at radius 1 is 1.50 bits per heavy atom. The van der Waals surface area contributed by atoms with E-state index in [1.807, 2.05) is 5.10 Å². The van der Waals surface area contributed by atoms with E-state index < -0.39 is 35.4 Å². The molecule has 1 aromatic heterocycles. The average Bonchev–Trinajstić information content (AvgIpc) is 2.40. The Labute approximate surface area is 88.2 Å². The van der Waals surface area contributed by atoms with E-state index in [2.05, 4.69) is 5.32 Å². The van der Waals surface area contributed by atoms with Crippen molar-refractivity contribution in [3.05, 3.63) is 21.6 Å². The number of carbonyl (C=O) groups excluding carboxylic acids is 1. The average molecular weight is 237 g/mol. The summed E-state index contributed by atoms with van der Waals surface area (Å²) >= 11 is 0. The maximum atomic E-state index is 12.5. The summed E-state index contributed by atoms with van der Waals surface area (Å²) < 4.78 is 38.1. The number of rotatable bonds is 2. The van der Waals surface area contributed by atoms with Gasteiger partial charge in [0.15, 0.2) is 0 Å². The van der Waals surface area contributed by atoms with E-state index in [0.717, 1.165) is 11.6 Å². The van der Waals surface area contributed by atoms with Crippen molar-refractivity contribution < 1.29 is 18.0 Å². The molecule has 16 heavy (non-hydrogen) atoms. The van der Waals surface area contributed by atoms with Gasteiger partial charge in [0.2, 0.25) is 5.91 Å². The van der Waals surface area contributed by atoms with E-state index in [9.17, 15) is 22.8 Å². The van der Waals surface area contributed by atoms with Gasteiger partial charge < -0.3 is 5.32 Å². The van der Waals surface area contributed by atoms with Gasteiger partial charge in [-0.25, -0.2) is 0 Å². The fraction of sp³-hybridized carbons (Fsp3) is 0.500. The first-order valence-corrected chi connectivity index (χ1v) is 4.33. The molecule has 1 heterocycles. The molecule has 0 saturated carbocycles. The number of aryl methyl sites for hydroxylation is 1. The third kappa shape index (κ3) is 2.44. The van der Waals surface area contributed by atoms with Crippen molar-refractivity contribution in [1.82, 2.24) is 15.1 Å². The van der Waals surface area contributed by atoms with Crippen LogP contribution in [0.1, 0.15) is 18.2 Å². The van der Waals surface area contributed by atoms with Crippen LogP contribution in [0.2, 0.25) is 0 Å². The quantitative estimate of drug-likeness (QED) is 0.780.